The number of nitrogens with zero attached hydrogens (tertiary/aromatic N) is 8. The Balaban J connectivity index is 0.000000155. The zero-order valence-electron chi connectivity index (χ0n) is 33.0. The van der Waals surface area contributed by atoms with E-state index in [9.17, 15) is 4.79 Å². The van der Waals surface area contributed by atoms with Gasteiger partial charge in [-0.05, 0) is 61.1 Å². The van der Waals surface area contributed by atoms with Gasteiger partial charge in [-0.15, -0.1) is 0 Å². The highest BCUT2D eigenvalue weighted by atomic mass is 16.5. The molecule has 3 aliphatic heterocycles. The van der Waals surface area contributed by atoms with Gasteiger partial charge in [-0.1, -0.05) is 67.2 Å². The number of aromatic nitrogens is 9. The molecular formula is C39H61N9O4. The molecule has 3 saturated heterocycles. The summed E-state index contributed by atoms with van der Waals surface area (Å²) in [6, 6.07) is 1.42. The molecule has 7 heterocycles. The number of rotatable bonds is 7. The molecule has 286 valence electrons. The highest BCUT2D eigenvalue weighted by Gasteiger charge is 2.22. The predicted octanol–water partition coefficient (Wildman–Crippen LogP) is 6.48. The first-order valence-corrected chi connectivity index (χ1v) is 18.8. The fraction of sp³-hybridized carbons (Fsp3) is 0.667. The molecule has 52 heavy (non-hydrogen) atoms. The molecule has 0 amide bonds. The van der Waals surface area contributed by atoms with E-state index in [1.807, 2.05) is 55.6 Å². The average molecular weight is 720 g/mol. The maximum absolute atomic E-state index is 11.3. The molecule has 1 atom stereocenters. The van der Waals surface area contributed by atoms with Gasteiger partial charge in [0.2, 0.25) is 0 Å². The van der Waals surface area contributed by atoms with Crippen molar-refractivity contribution in [3.63, 3.8) is 0 Å². The summed E-state index contributed by atoms with van der Waals surface area (Å²) in [5, 5.41) is 19.0. The van der Waals surface area contributed by atoms with Gasteiger partial charge in [0.25, 0.3) is 0 Å². The Morgan fingerprint density at radius 1 is 0.712 bits per heavy atom. The Kier molecular flexibility index (Phi) is 15.0. The van der Waals surface area contributed by atoms with Crippen molar-refractivity contribution in [1.82, 2.24) is 44.1 Å². The van der Waals surface area contributed by atoms with Crippen molar-refractivity contribution in [2.75, 3.05) is 39.6 Å². The van der Waals surface area contributed by atoms with Crippen LogP contribution in [0.4, 0.5) is 0 Å². The van der Waals surface area contributed by atoms with Crippen LogP contribution in [0, 0.1) is 17.8 Å². The average Bonchev–Trinajstić information content (AvgIpc) is 3.88. The van der Waals surface area contributed by atoms with Gasteiger partial charge in [-0.3, -0.25) is 18.6 Å². The first-order valence-electron chi connectivity index (χ1n) is 18.8. The molecule has 4 aromatic heterocycles. The van der Waals surface area contributed by atoms with E-state index in [-0.39, 0.29) is 5.69 Å². The van der Waals surface area contributed by atoms with E-state index in [2.05, 4.69) is 102 Å². The number of hydrogen-bond acceptors (Lipinski definition) is 8. The Bertz CT molecular complexity index is 1680. The molecule has 3 aliphatic rings. The summed E-state index contributed by atoms with van der Waals surface area (Å²) >= 11 is 0. The molecule has 13 heteroatoms. The quantitative estimate of drug-likeness (QED) is 0.215. The van der Waals surface area contributed by atoms with Crippen molar-refractivity contribution in [2.24, 2.45) is 5.92 Å². The zero-order valence-corrected chi connectivity index (χ0v) is 33.0. The lowest BCUT2D eigenvalue weighted by Crippen LogP contribution is -2.33. The molecule has 3 fully saturated rings. The molecule has 7 rings (SSSR count). The Hall–Kier alpha value is -3.99. The van der Waals surface area contributed by atoms with Crippen LogP contribution in [0.1, 0.15) is 135 Å². The minimum absolute atomic E-state index is 0.229. The van der Waals surface area contributed by atoms with Gasteiger partial charge in [0.05, 0.1) is 69.8 Å². The van der Waals surface area contributed by atoms with Crippen molar-refractivity contribution < 1.29 is 14.2 Å². The van der Waals surface area contributed by atoms with Crippen molar-refractivity contribution in [1.29, 1.82) is 0 Å². The normalized spacial score (nSPS) is 17.6. The van der Waals surface area contributed by atoms with Crippen molar-refractivity contribution >= 4 is 0 Å². The van der Waals surface area contributed by atoms with E-state index in [1.54, 1.807) is 0 Å². The predicted molar refractivity (Wildman–Crippen MR) is 203 cm³/mol. The van der Waals surface area contributed by atoms with Crippen molar-refractivity contribution in [3.8, 4) is 11.8 Å². The van der Waals surface area contributed by atoms with Gasteiger partial charge < -0.3 is 14.2 Å². The minimum atomic E-state index is -0.506. The fourth-order valence-corrected chi connectivity index (χ4v) is 5.26. The van der Waals surface area contributed by atoms with Crippen LogP contribution in [0.5, 0.6) is 0 Å². The lowest BCUT2D eigenvalue weighted by molar-refractivity contribution is -0.0287. The molecular weight excluding hydrogens is 658 g/mol. The first-order chi connectivity index (χ1) is 24.7. The van der Waals surface area contributed by atoms with Crippen molar-refractivity contribution in [2.45, 2.75) is 123 Å². The van der Waals surface area contributed by atoms with E-state index in [0.717, 1.165) is 46.1 Å². The van der Waals surface area contributed by atoms with Gasteiger partial charge in [0, 0.05) is 31.1 Å². The number of H-pyrrole nitrogens is 1. The lowest BCUT2D eigenvalue weighted by Gasteiger charge is -2.25. The molecule has 0 aliphatic carbocycles. The summed E-state index contributed by atoms with van der Waals surface area (Å²) in [5.74, 6) is 8.11. The summed E-state index contributed by atoms with van der Waals surface area (Å²) in [4.78, 5) is 11.3. The summed E-state index contributed by atoms with van der Waals surface area (Å²) < 4.78 is 23.2. The second kappa shape index (κ2) is 19.2. The molecule has 0 radical (unpaired) electrons. The zero-order chi connectivity index (χ0) is 37.8. The highest BCUT2D eigenvalue weighted by molar-refractivity contribution is 5.14. The highest BCUT2D eigenvalue weighted by Crippen LogP contribution is 2.22. The van der Waals surface area contributed by atoms with Gasteiger partial charge in [-0.2, -0.15) is 20.4 Å². The van der Waals surface area contributed by atoms with Crippen LogP contribution in [0.3, 0.4) is 0 Å². The maximum Gasteiger partial charge on any atom is 0.344 e. The Labute approximate surface area is 309 Å². The van der Waals surface area contributed by atoms with Gasteiger partial charge in [-0.25, -0.2) is 9.89 Å². The standard InChI is InChI=1S/C11H18N2O.C10H15N3O.2C9H14N2O/c1-9(2)10-6-12-13(7-10)11-4-3-5-14-8-11;1-8(2)5-6-10(3,4)13-7-11-12-9(13)14;2*1-7(2)8-3-10-11(4-8)9-5-12-6-9/h6-7,9,11H,3-5,8H2,1-2H3;7-8H,1-4H3,(H,12,14);2*3-4,7,9H,5-6H2,1-2H3. The Morgan fingerprint density at radius 2 is 1.15 bits per heavy atom. The van der Waals surface area contributed by atoms with E-state index in [0.29, 0.717) is 41.8 Å². The molecule has 0 aromatic carbocycles. The molecule has 0 bridgehead atoms. The van der Waals surface area contributed by atoms with E-state index >= 15 is 0 Å². The van der Waals surface area contributed by atoms with Crippen LogP contribution in [0.15, 0.2) is 48.3 Å². The van der Waals surface area contributed by atoms with Gasteiger partial charge in [0.15, 0.2) is 0 Å². The summed E-state index contributed by atoms with van der Waals surface area (Å²) in [5.41, 5.74) is 3.20. The number of ether oxygens (including phenoxy) is 3. The van der Waals surface area contributed by atoms with Gasteiger partial charge >= 0.3 is 5.69 Å². The largest absolute Gasteiger partial charge is 0.379 e. The maximum atomic E-state index is 11.3. The fourth-order valence-electron chi connectivity index (χ4n) is 5.26. The number of aromatic amines is 1. The molecule has 13 nitrogen and oxygen atoms in total. The van der Waals surface area contributed by atoms with E-state index in [4.69, 9.17) is 14.2 Å². The van der Waals surface area contributed by atoms with E-state index < -0.39 is 5.54 Å². The topological polar surface area (TPSA) is 132 Å². The first kappa shape index (κ1) is 40.8. The van der Waals surface area contributed by atoms with E-state index in [1.165, 1.54) is 34.0 Å². The third-order valence-corrected chi connectivity index (χ3v) is 9.19. The molecule has 4 aromatic rings. The molecule has 1 unspecified atom stereocenters. The second-order valence-electron chi connectivity index (χ2n) is 15.5. The van der Waals surface area contributed by atoms with Crippen LogP contribution in [-0.4, -0.2) is 83.7 Å². The van der Waals surface area contributed by atoms with Crippen LogP contribution >= 0.6 is 0 Å². The number of nitrogens with one attached hydrogen (secondary N) is 1. The van der Waals surface area contributed by atoms with Crippen LogP contribution in [0.2, 0.25) is 0 Å². The summed E-state index contributed by atoms with van der Waals surface area (Å²) in [7, 11) is 0. The SMILES string of the molecule is CC(C)C#CC(C)(C)n1cn[nH]c1=O.CC(C)c1cnn(C2CCCOC2)c1.CC(C)c1cnn(C2COC2)c1.CC(C)c1cnn(C2COC2)c1. The summed E-state index contributed by atoms with van der Waals surface area (Å²) in [6.07, 6.45) is 16.1. The van der Waals surface area contributed by atoms with Crippen LogP contribution in [-0.2, 0) is 19.7 Å². The molecule has 0 saturated carbocycles. The monoisotopic (exact) mass is 719 g/mol. The summed E-state index contributed by atoms with van der Waals surface area (Å²) in [6.45, 7) is 25.9. The second-order valence-corrected chi connectivity index (χ2v) is 15.5. The third kappa shape index (κ3) is 11.8. The minimum Gasteiger partial charge on any atom is -0.379 e. The molecule has 1 N–H and O–H groups in total. The lowest BCUT2D eigenvalue weighted by atomic mass is 10.1. The molecule has 0 spiro atoms. The number of hydrogen-bond donors (Lipinski definition) is 1. The van der Waals surface area contributed by atoms with Crippen LogP contribution < -0.4 is 5.69 Å². The van der Waals surface area contributed by atoms with Crippen LogP contribution in [0.25, 0.3) is 0 Å². The smallest absolute Gasteiger partial charge is 0.344 e. The Morgan fingerprint density at radius 3 is 1.46 bits per heavy atom. The third-order valence-electron chi connectivity index (χ3n) is 9.19. The van der Waals surface area contributed by atoms with Gasteiger partial charge in [0.1, 0.15) is 11.9 Å². The van der Waals surface area contributed by atoms with Crippen molar-refractivity contribution in [3.05, 3.63) is 70.7 Å².